The van der Waals surface area contributed by atoms with E-state index in [2.05, 4.69) is 0 Å². The zero-order valence-electron chi connectivity index (χ0n) is 8.73. The van der Waals surface area contributed by atoms with Crippen molar-refractivity contribution in [3.8, 4) is 0 Å². The van der Waals surface area contributed by atoms with Gasteiger partial charge in [0.1, 0.15) is 0 Å². The van der Waals surface area contributed by atoms with Gasteiger partial charge in [0.15, 0.2) is 0 Å². The minimum Gasteiger partial charge on any atom is -0.330 e. The molecule has 0 aromatic carbocycles. The summed E-state index contributed by atoms with van der Waals surface area (Å²) < 4.78 is 0. The van der Waals surface area contributed by atoms with Gasteiger partial charge in [-0.25, -0.2) is 0 Å². The van der Waals surface area contributed by atoms with Crippen LogP contribution in [-0.4, -0.2) is 6.54 Å². The Bertz CT molecular complexity index is 149. The van der Waals surface area contributed by atoms with Crippen LogP contribution in [0.25, 0.3) is 0 Å². The Hall–Kier alpha value is -0.0400. The summed E-state index contributed by atoms with van der Waals surface area (Å²) in [6.07, 6.45) is 13.3. The Morgan fingerprint density at radius 1 is 0.923 bits per heavy atom. The lowest BCUT2D eigenvalue weighted by molar-refractivity contribution is 0.0992. The van der Waals surface area contributed by atoms with E-state index in [1.807, 2.05) is 0 Å². The van der Waals surface area contributed by atoms with Gasteiger partial charge in [-0.15, -0.1) is 0 Å². The average Bonchev–Trinajstić information content (AvgIpc) is 2.20. The lowest BCUT2D eigenvalue weighted by atomic mass is 9.63. The van der Waals surface area contributed by atoms with E-state index in [0.29, 0.717) is 0 Å². The Kier molecular flexibility index (Phi) is 2.92. The van der Waals surface area contributed by atoms with E-state index in [1.54, 1.807) is 0 Å². The summed E-state index contributed by atoms with van der Waals surface area (Å²) in [5.74, 6) is 0.854. The predicted octanol–water partition coefficient (Wildman–Crippen LogP) is 3.09. The molecule has 2 fully saturated rings. The molecule has 13 heavy (non-hydrogen) atoms. The fourth-order valence-electron chi connectivity index (χ4n) is 3.33. The number of hydrogen-bond donors (Lipinski definition) is 1. The quantitative estimate of drug-likeness (QED) is 0.661. The van der Waals surface area contributed by atoms with Crippen LogP contribution < -0.4 is 5.73 Å². The van der Waals surface area contributed by atoms with Gasteiger partial charge >= 0.3 is 0 Å². The summed E-state index contributed by atoms with van der Waals surface area (Å²) in [5.41, 5.74) is 6.50. The molecule has 0 radical (unpaired) electrons. The third kappa shape index (κ3) is 2.07. The maximum atomic E-state index is 5.72. The summed E-state index contributed by atoms with van der Waals surface area (Å²) in [6.45, 7) is 0.927. The van der Waals surface area contributed by atoms with E-state index < -0.39 is 0 Å². The molecule has 0 aromatic rings. The van der Waals surface area contributed by atoms with Gasteiger partial charge in [-0.1, -0.05) is 19.3 Å². The molecule has 0 atom stereocenters. The lowest BCUT2D eigenvalue weighted by Crippen LogP contribution is -2.31. The van der Waals surface area contributed by atoms with Gasteiger partial charge in [0.05, 0.1) is 0 Å². The van der Waals surface area contributed by atoms with Gasteiger partial charge < -0.3 is 5.73 Å². The molecule has 0 bridgehead atoms. The third-order valence-electron chi connectivity index (χ3n) is 4.41. The second-order valence-corrected chi connectivity index (χ2v) is 5.24. The molecule has 2 rings (SSSR count). The largest absolute Gasteiger partial charge is 0.330 e. The smallest absolute Gasteiger partial charge is 0.00489 e. The molecule has 0 saturated heterocycles. The summed E-state index contributed by atoms with van der Waals surface area (Å²) in [6, 6.07) is 0. The molecule has 0 amide bonds. The standard InChI is InChI=1S/C12H23N/c13-10-11-4-8-12(9-5-11)6-2-1-3-7-12/h11H,1-10,13H2. The van der Waals surface area contributed by atoms with Crippen molar-refractivity contribution in [2.75, 3.05) is 6.54 Å². The number of hydrogen-bond acceptors (Lipinski definition) is 1. The monoisotopic (exact) mass is 181 g/mol. The third-order valence-corrected chi connectivity index (χ3v) is 4.41. The average molecular weight is 181 g/mol. The van der Waals surface area contributed by atoms with Crippen LogP contribution in [0.5, 0.6) is 0 Å². The SMILES string of the molecule is NCC1CCC2(CCCCC2)CC1. The fourth-order valence-corrected chi connectivity index (χ4v) is 3.33. The van der Waals surface area contributed by atoms with Crippen LogP contribution in [0.4, 0.5) is 0 Å². The normalized spacial score (nSPS) is 29.3. The molecule has 76 valence electrons. The summed E-state index contributed by atoms with van der Waals surface area (Å²) in [5, 5.41) is 0. The van der Waals surface area contributed by atoms with E-state index in [4.69, 9.17) is 5.73 Å². The molecule has 0 unspecified atom stereocenters. The maximum Gasteiger partial charge on any atom is -0.00489 e. The zero-order chi connectivity index (χ0) is 9.15. The molecule has 0 aromatic heterocycles. The van der Waals surface area contributed by atoms with Crippen LogP contribution in [0.1, 0.15) is 57.8 Å². The molecule has 1 heteroatoms. The topological polar surface area (TPSA) is 26.0 Å². The van der Waals surface area contributed by atoms with E-state index in [0.717, 1.165) is 17.9 Å². The fraction of sp³-hybridized carbons (Fsp3) is 1.00. The molecule has 2 saturated carbocycles. The minimum absolute atomic E-state index is 0.782. The Morgan fingerprint density at radius 3 is 2.08 bits per heavy atom. The Morgan fingerprint density at radius 2 is 1.54 bits per heavy atom. The molecule has 0 aliphatic heterocycles. The second-order valence-electron chi connectivity index (χ2n) is 5.24. The van der Waals surface area contributed by atoms with Gasteiger partial charge in [0, 0.05) is 0 Å². The summed E-state index contributed by atoms with van der Waals surface area (Å²) in [4.78, 5) is 0. The Labute approximate surface area is 82.1 Å². The van der Waals surface area contributed by atoms with Crippen molar-refractivity contribution in [1.29, 1.82) is 0 Å². The van der Waals surface area contributed by atoms with Gasteiger partial charge in [-0.3, -0.25) is 0 Å². The maximum absolute atomic E-state index is 5.72. The van der Waals surface area contributed by atoms with Gasteiger partial charge in [0.2, 0.25) is 0 Å². The number of nitrogens with two attached hydrogens (primary N) is 1. The van der Waals surface area contributed by atoms with Gasteiger partial charge in [0.25, 0.3) is 0 Å². The summed E-state index contributed by atoms with van der Waals surface area (Å²) in [7, 11) is 0. The molecule has 1 spiro atoms. The van der Waals surface area contributed by atoms with Crippen molar-refractivity contribution in [3.05, 3.63) is 0 Å². The van der Waals surface area contributed by atoms with E-state index in [9.17, 15) is 0 Å². The molecular formula is C12H23N. The van der Waals surface area contributed by atoms with Crippen molar-refractivity contribution in [3.63, 3.8) is 0 Å². The highest BCUT2D eigenvalue weighted by Crippen LogP contribution is 2.48. The van der Waals surface area contributed by atoms with Crippen LogP contribution in [-0.2, 0) is 0 Å². The van der Waals surface area contributed by atoms with Gasteiger partial charge in [-0.2, -0.15) is 0 Å². The van der Waals surface area contributed by atoms with Crippen LogP contribution in [0.3, 0.4) is 0 Å². The zero-order valence-corrected chi connectivity index (χ0v) is 8.73. The van der Waals surface area contributed by atoms with Crippen LogP contribution in [0.15, 0.2) is 0 Å². The first-order valence-corrected chi connectivity index (χ1v) is 6.05. The van der Waals surface area contributed by atoms with Crippen molar-refractivity contribution >= 4 is 0 Å². The first-order chi connectivity index (χ1) is 6.35. The number of rotatable bonds is 1. The van der Waals surface area contributed by atoms with Crippen molar-refractivity contribution in [1.82, 2.24) is 0 Å². The molecule has 1 nitrogen and oxygen atoms in total. The van der Waals surface area contributed by atoms with Gasteiger partial charge in [-0.05, 0) is 56.4 Å². The lowest BCUT2D eigenvalue weighted by Gasteiger charge is -2.42. The van der Waals surface area contributed by atoms with Crippen molar-refractivity contribution in [2.45, 2.75) is 57.8 Å². The molecule has 2 aliphatic carbocycles. The predicted molar refractivity (Wildman–Crippen MR) is 56.5 cm³/mol. The van der Waals surface area contributed by atoms with Crippen molar-refractivity contribution < 1.29 is 0 Å². The van der Waals surface area contributed by atoms with Crippen LogP contribution in [0.2, 0.25) is 0 Å². The highest BCUT2D eigenvalue weighted by atomic mass is 14.6. The van der Waals surface area contributed by atoms with E-state index in [1.165, 1.54) is 57.8 Å². The van der Waals surface area contributed by atoms with Crippen LogP contribution >= 0.6 is 0 Å². The second kappa shape index (κ2) is 4.00. The van der Waals surface area contributed by atoms with E-state index >= 15 is 0 Å². The highest BCUT2D eigenvalue weighted by molar-refractivity contribution is 4.87. The summed E-state index contributed by atoms with van der Waals surface area (Å²) >= 11 is 0. The molecule has 0 heterocycles. The highest BCUT2D eigenvalue weighted by Gasteiger charge is 2.35. The van der Waals surface area contributed by atoms with E-state index in [-0.39, 0.29) is 0 Å². The minimum atomic E-state index is 0.782. The van der Waals surface area contributed by atoms with Crippen LogP contribution in [0, 0.1) is 11.3 Å². The van der Waals surface area contributed by atoms with Crippen molar-refractivity contribution in [2.24, 2.45) is 17.1 Å². The Balaban J connectivity index is 1.87. The molecule has 2 aliphatic rings. The first kappa shape index (κ1) is 9.51. The molecular weight excluding hydrogens is 158 g/mol. The first-order valence-electron chi connectivity index (χ1n) is 6.05. The molecule has 2 N–H and O–H groups in total.